The molecule has 1 aliphatic rings. The first-order chi connectivity index (χ1) is 12.6. The van der Waals surface area contributed by atoms with Crippen molar-refractivity contribution in [3.63, 3.8) is 0 Å². The number of carbonyl (C=O) groups excluding carboxylic acids is 1. The molecule has 1 aliphatic heterocycles. The van der Waals surface area contributed by atoms with Crippen molar-refractivity contribution in [2.45, 2.75) is 12.6 Å². The number of likely N-dealkylation sites (N-methyl/N-ethyl adjacent to an activating group) is 1. The highest BCUT2D eigenvalue weighted by atomic mass is 79.9. The summed E-state index contributed by atoms with van der Waals surface area (Å²) in [4.78, 5) is 16.9. The summed E-state index contributed by atoms with van der Waals surface area (Å²) in [6.07, 6.45) is 0. The van der Waals surface area contributed by atoms with Crippen LogP contribution in [0.5, 0.6) is 0 Å². The molecular weight excluding hydrogens is 399 g/mol. The van der Waals surface area contributed by atoms with Gasteiger partial charge in [0.1, 0.15) is 11.9 Å². The van der Waals surface area contributed by atoms with Crippen LogP contribution in [0.1, 0.15) is 17.2 Å². The highest BCUT2D eigenvalue weighted by Gasteiger charge is 2.32. The number of benzene rings is 2. The number of carbonyl (C=O) groups is 1. The van der Waals surface area contributed by atoms with Crippen LogP contribution in [0.2, 0.25) is 0 Å². The molecular formula is C20H22BrFN2O2. The molecule has 1 saturated heterocycles. The van der Waals surface area contributed by atoms with Crippen LogP contribution in [0, 0.1) is 5.82 Å². The minimum Gasteiger partial charge on any atom is -0.379 e. The third kappa shape index (κ3) is 4.50. The van der Waals surface area contributed by atoms with Crippen LogP contribution in [-0.4, -0.2) is 49.1 Å². The van der Waals surface area contributed by atoms with Gasteiger partial charge in [-0.3, -0.25) is 9.69 Å². The summed E-state index contributed by atoms with van der Waals surface area (Å²) < 4.78 is 20.8. The molecule has 1 fully saturated rings. The van der Waals surface area contributed by atoms with Gasteiger partial charge in [-0.2, -0.15) is 0 Å². The number of amides is 1. The average molecular weight is 421 g/mol. The van der Waals surface area contributed by atoms with Gasteiger partial charge in [0.25, 0.3) is 0 Å². The monoisotopic (exact) mass is 420 g/mol. The van der Waals surface area contributed by atoms with E-state index in [2.05, 4.69) is 15.9 Å². The van der Waals surface area contributed by atoms with Crippen LogP contribution < -0.4 is 0 Å². The molecule has 0 bridgehead atoms. The van der Waals surface area contributed by atoms with E-state index in [-0.39, 0.29) is 11.7 Å². The van der Waals surface area contributed by atoms with Gasteiger partial charge in [0.15, 0.2) is 0 Å². The highest BCUT2D eigenvalue weighted by Crippen LogP contribution is 2.27. The summed E-state index contributed by atoms with van der Waals surface area (Å²) in [5.74, 6) is -0.464. The van der Waals surface area contributed by atoms with Crippen LogP contribution >= 0.6 is 15.9 Å². The van der Waals surface area contributed by atoms with Crippen molar-refractivity contribution in [2.75, 3.05) is 33.4 Å². The van der Waals surface area contributed by atoms with Crippen molar-refractivity contribution in [3.8, 4) is 0 Å². The number of rotatable bonds is 5. The summed E-state index contributed by atoms with van der Waals surface area (Å²) in [5.41, 5.74) is 1.44. The van der Waals surface area contributed by atoms with Gasteiger partial charge in [-0.15, -0.1) is 0 Å². The minimum absolute atomic E-state index is 0.111. The van der Waals surface area contributed by atoms with E-state index in [9.17, 15) is 9.18 Å². The minimum atomic E-state index is -0.638. The Kier molecular flexibility index (Phi) is 6.40. The summed E-state index contributed by atoms with van der Waals surface area (Å²) in [7, 11) is 1.76. The molecule has 26 heavy (non-hydrogen) atoms. The lowest BCUT2D eigenvalue weighted by molar-refractivity contribution is -0.138. The van der Waals surface area contributed by atoms with Crippen LogP contribution in [0.3, 0.4) is 0 Å². The topological polar surface area (TPSA) is 32.8 Å². The maximum absolute atomic E-state index is 14.5. The third-order valence-electron chi connectivity index (χ3n) is 4.55. The quantitative estimate of drug-likeness (QED) is 0.740. The SMILES string of the molecule is CN(Cc1ccc(Br)cc1)C(=O)C(c1ccccc1F)N1CCOCC1. The van der Waals surface area contributed by atoms with E-state index in [0.717, 1.165) is 10.0 Å². The van der Waals surface area contributed by atoms with E-state index in [0.29, 0.717) is 38.4 Å². The van der Waals surface area contributed by atoms with E-state index in [1.54, 1.807) is 30.1 Å². The standard InChI is InChI=1S/C20H22BrFN2O2/c1-23(14-15-6-8-16(21)9-7-15)20(25)19(24-10-12-26-13-11-24)17-4-2-3-5-18(17)22/h2-9,19H,10-14H2,1H3. The van der Waals surface area contributed by atoms with E-state index >= 15 is 0 Å². The molecule has 0 saturated carbocycles. The number of hydrogen-bond donors (Lipinski definition) is 0. The highest BCUT2D eigenvalue weighted by molar-refractivity contribution is 9.10. The number of halogens is 2. The number of morpholine rings is 1. The molecule has 138 valence electrons. The molecule has 1 heterocycles. The lowest BCUT2D eigenvalue weighted by Gasteiger charge is -2.36. The Morgan fingerprint density at radius 1 is 1.19 bits per heavy atom. The van der Waals surface area contributed by atoms with Crippen LogP contribution in [0.4, 0.5) is 4.39 Å². The van der Waals surface area contributed by atoms with Crippen molar-refractivity contribution in [2.24, 2.45) is 0 Å². The van der Waals surface area contributed by atoms with E-state index in [4.69, 9.17) is 4.74 Å². The van der Waals surface area contributed by atoms with Gasteiger partial charge >= 0.3 is 0 Å². The number of nitrogens with zero attached hydrogens (tertiary/aromatic N) is 2. The van der Waals surface area contributed by atoms with Crippen molar-refractivity contribution in [3.05, 3.63) is 69.9 Å². The fourth-order valence-corrected chi connectivity index (χ4v) is 3.43. The Morgan fingerprint density at radius 3 is 2.50 bits per heavy atom. The van der Waals surface area contributed by atoms with Crippen molar-refractivity contribution in [1.82, 2.24) is 9.80 Å². The lowest BCUT2D eigenvalue weighted by atomic mass is 10.0. The van der Waals surface area contributed by atoms with Crippen molar-refractivity contribution >= 4 is 21.8 Å². The fourth-order valence-electron chi connectivity index (χ4n) is 3.17. The lowest BCUT2D eigenvalue weighted by Crippen LogP contribution is -2.46. The molecule has 2 aromatic rings. The second kappa shape index (κ2) is 8.75. The van der Waals surface area contributed by atoms with Gasteiger partial charge in [-0.1, -0.05) is 46.3 Å². The molecule has 6 heteroatoms. The molecule has 1 unspecified atom stereocenters. The Bertz CT molecular complexity index is 748. The van der Waals surface area contributed by atoms with Crippen molar-refractivity contribution < 1.29 is 13.9 Å². The van der Waals surface area contributed by atoms with Gasteiger partial charge in [0, 0.05) is 36.7 Å². The second-order valence-electron chi connectivity index (χ2n) is 6.39. The zero-order chi connectivity index (χ0) is 18.5. The molecule has 1 amide bonds. The Morgan fingerprint density at radius 2 is 1.85 bits per heavy atom. The predicted molar refractivity (Wildman–Crippen MR) is 102 cm³/mol. The molecule has 2 aromatic carbocycles. The van der Waals surface area contributed by atoms with Gasteiger partial charge in [0.2, 0.25) is 5.91 Å². The Hall–Kier alpha value is -1.76. The van der Waals surface area contributed by atoms with Crippen LogP contribution in [-0.2, 0) is 16.1 Å². The smallest absolute Gasteiger partial charge is 0.244 e. The molecule has 0 N–H and O–H groups in total. The average Bonchev–Trinajstić information content (AvgIpc) is 2.66. The molecule has 1 atom stereocenters. The molecule has 0 aromatic heterocycles. The molecule has 4 nitrogen and oxygen atoms in total. The molecule has 3 rings (SSSR count). The van der Waals surface area contributed by atoms with E-state index < -0.39 is 6.04 Å². The maximum Gasteiger partial charge on any atom is 0.244 e. The number of ether oxygens (including phenoxy) is 1. The first kappa shape index (κ1) is 19.0. The van der Waals surface area contributed by atoms with Crippen LogP contribution in [0.25, 0.3) is 0 Å². The van der Waals surface area contributed by atoms with E-state index in [1.165, 1.54) is 6.07 Å². The predicted octanol–water partition coefficient (Wildman–Crippen LogP) is 3.62. The summed E-state index contributed by atoms with van der Waals surface area (Å²) in [5, 5.41) is 0. The Labute approximate surface area is 161 Å². The molecule has 0 spiro atoms. The molecule has 0 radical (unpaired) electrons. The summed E-state index contributed by atoms with van der Waals surface area (Å²) >= 11 is 3.41. The summed E-state index contributed by atoms with van der Waals surface area (Å²) in [6, 6.07) is 13.7. The summed E-state index contributed by atoms with van der Waals surface area (Å²) in [6.45, 7) is 2.79. The first-order valence-corrected chi connectivity index (χ1v) is 9.41. The first-order valence-electron chi connectivity index (χ1n) is 8.62. The second-order valence-corrected chi connectivity index (χ2v) is 7.31. The Balaban J connectivity index is 1.84. The maximum atomic E-state index is 14.5. The van der Waals surface area contributed by atoms with Gasteiger partial charge in [-0.05, 0) is 23.8 Å². The zero-order valence-corrected chi connectivity index (χ0v) is 16.3. The van der Waals surface area contributed by atoms with Crippen molar-refractivity contribution in [1.29, 1.82) is 0 Å². The largest absolute Gasteiger partial charge is 0.379 e. The molecule has 0 aliphatic carbocycles. The van der Waals surface area contributed by atoms with Gasteiger partial charge in [-0.25, -0.2) is 4.39 Å². The third-order valence-corrected chi connectivity index (χ3v) is 5.08. The normalized spacial score (nSPS) is 16.3. The van der Waals surface area contributed by atoms with Crippen LogP contribution in [0.15, 0.2) is 53.0 Å². The number of hydrogen-bond acceptors (Lipinski definition) is 3. The fraction of sp³-hybridized carbons (Fsp3) is 0.350. The van der Waals surface area contributed by atoms with E-state index in [1.807, 2.05) is 29.2 Å². The van der Waals surface area contributed by atoms with Gasteiger partial charge < -0.3 is 9.64 Å². The van der Waals surface area contributed by atoms with Gasteiger partial charge in [0.05, 0.1) is 13.2 Å². The zero-order valence-electron chi connectivity index (χ0n) is 14.7.